The molecule has 1 amide bonds. The number of amides is 1. The normalized spacial score (nSPS) is 24.6. The van der Waals surface area contributed by atoms with Gasteiger partial charge < -0.3 is 15.3 Å². The van der Waals surface area contributed by atoms with Crippen LogP contribution in [-0.4, -0.2) is 77.4 Å². The van der Waals surface area contributed by atoms with E-state index in [9.17, 15) is 26.4 Å². The van der Waals surface area contributed by atoms with Crippen molar-refractivity contribution in [3.8, 4) is 0 Å². The van der Waals surface area contributed by atoms with Crippen molar-refractivity contribution in [3.63, 3.8) is 0 Å². The van der Waals surface area contributed by atoms with Gasteiger partial charge in [0.05, 0.1) is 32.6 Å². The van der Waals surface area contributed by atoms with E-state index in [1.54, 1.807) is 36.4 Å². The summed E-state index contributed by atoms with van der Waals surface area (Å²) in [6, 6.07) is 26.0. The van der Waals surface area contributed by atoms with Crippen LogP contribution in [0.2, 0.25) is 20.1 Å². The van der Waals surface area contributed by atoms with Crippen molar-refractivity contribution in [3.05, 3.63) is 127 Å². The maximum Gasteiger partial charge on any atom is 0.303 e. The predicted molar refractivity (Wildman–Crippen MR) is 245 cm³/mol. The zero-order chi connectivity index (χ0) is 44.5. The number of nitrogens with zero attached hydrogens (tertiary/aromatic N) is 1. The number of carboxylic acid groups (broad SMARTS) is 1. The van der Waals surface area contributed by atoms with E-state index in [0.717, 1.165) is 49.1 Å². The summed E-state index contributed by atoms with van der Waals surface area (Å²) in [6.45, 7) is 8.12. The highest BCUT2D eigenvalue weighted by atomic mass is 35.5. The summed E-state index contributed by atoms with van der Waals surface area (Å²) < 4.78 is 50.6. The molecule has 0 aromatic heterocycles. The Morgan fingerprint density at radius 3 is 1.49 bits per heavy atom. The van der Waals surface area contributed by atoms with Gasteiger partial charge in [-0.3, -0.25) is 19.0 Å². The highest BCUT2D eigenvalue weighted by molar-refractivity contribution is 7.92. The maximum absolute atomic E-state index is 12.7. The molecule has 328 valence electrons. The van der Waals surface area contributed by atoms with Crippen LogP contribution in [0.4, 0.5) is 11.4 Å². The zero-order valence-corrected chi connectivity index (χ0v) is 38.9. The number of fused-ring (bicyclic) bond motifs is 2. The van der Waals surface area contributed by atoms with Crippen LogP contribution in [0, 0.1) is 23.7 Å². The van der Waals surface area contributed by atoms with Gasteiger partial charge in [-0.2, -0.15) is 0 Å². The Kier molecular flexibility index (Phi) is 14.3. The molecule has 17 heteroatoms. The minimum absolute atomic E-state index is 0.0182. The molecule has 2 aliphatic carbocycles. The SMILES string of the molecule is CC1(c2cccc(NS(C)(=O)=O)c2)C2CN(C(=O)CCc3ccc(Cl)c(Cl)c3)CC21.CC1(c2cccc(NS(C)(=O)=O)c2)C2CNCC21.O=C(O)CCc1ccc(Cl)c(Cl)c1. The number of carboxylic acids is 1. The molecule has 11 nitrogen and oxygen atoms in total. The second-order valence-corrected chi connectivity index (χ2v) is 21.9. The van der Waals surface area contributed by atoms with E-state index in [1.807, 2.05) is 47.4 Å². The fourth-order valence-corrected chi connectivity index (χ4v) is 10.8. The number of halogens is 4. The molecule has 2 saturated carbocycles. The third-order valence-corrected chi connectivity index (χ3v) is 15.2. The third-order valence-electron chi connectivity index (χ3n) is 12.5. The predicted octanol–water partition coefficient (Wildman–Crippen LogP) is 8.52. The molecule has 0 radical (unpaired) electrons. The lowest BCUT2D eigenvalue weighted by molar-refractivity contribution is -0.137. The van der Waals surface area contributed by atoms with Crippen molar-refractivity contribution in [2.24, 2.45) is 23.7 Å². The van der Waals surface area contributed by atoms with Crippen LogP contribution < -0.4 is 14.8 Å². The summed E-state index contributed by atoms with van der Waals surface area (Å²) in [5.41, 5.74) is 5.70. The van der Waals surface area contributed by atoms with Gasteiger partial charge in [0.15, 0.2) is 0 Å². The van der Waals surface area contributed by atoms with E-state index in [0.29, 0.717) is 74.4 Å². The van der Waals surface area contributed by atoms with E-state index < -0.39 is 26.0 Å². The van der Waals surface area contributed by atoms with Crippen LogP contribution >= 0.6 is 46.4 Å². The summed E-state index contributed by atoms with van der Waals surface area (Å²) in [7, 11) is -6.51. The molecule has 4 aromatic rings. The molecule has 2 saturated heterocycles. The third kappa shape index (κ3) is 11.5. The summed E-state index contributed by atoms with van der Waals surface area (Å²) in [5.74, 6) is 1.55. The average Bonchev–Trinajstić information content (AvgIpc) is 3.64. The fourth-order valence-electron chi connectivity index (χ4n) is 9.06. The second kappa shape index (κ2) is 18.7. The van der Waals surface area contributed by atoms with Gasteiger partial charge in [-0.15, -0.1) is 0 Å². The molecule has 61 heavy (non-hydrogen) atoms. The van der Waals surface area contributed by atoms with Gasteiger partial charge in [-0.25, -0.2) is 16.8 Å². The molecule has 4 unspecified atom stereocenters. The van der Waals surface area contributed by atoms with E-state index in [4.69, 9.17) is 51.5 Å². The minimum Gasteiger partial charge on any atom is -0.481 e. The molecule has 4 fully saturated rings. The lowest BCUT2D eigenvalue weighted by Crippen LogP contribution is -2.34. The van der Waals surface area contributed by atoms with Gasteiger partial charge in [-0.05, 0) is 120 Å². The first-order valence-electron chi connectivity index (χ1n) is 19.8. The highest BCUT2D eigenvalue weighted by Crippen LogP contribution is 2.64. The van der Waals surface area contributed by atoms with Crippen LogP contribution in [0.5, 0.6) is 0 Å². The molecule has 0 spiro atoms. The van der Waals surface area contributed by atoms with Crippen molar-refractivity contribution < 1.29 is 31.5 Å². The number of likely N-dealkylation sites (tertiary alicyclic amines) is 1. The van der Waals surface area contributed by atoms with Crippen molar-refractivity contribution in [1.29, 1.82) is 0 Å². The van der Waals surface area contributed by atoms with E-state index in [2.05, 4.69) is 34.7 Å². The Balaban J connectivity index is 0.000000170. The number of hydrogen-bond donors (Lipinski definition) is 4. The standard InChI is InChI=1S/C22H24Cl2N2O3S.C13H18N2O2S.C9H8Cl2O2/c1-22(15-4-3-5-16(11-15)25-30(2,28)29)17-12-26(13-18(17)22)21(27)9-7-14-6-8-19(23)20(24)10-14;1-13(11-7-14-8-12(11)13)9-4-3-5-10(6-9)15-18(2,16)17;10-7-3-1-6(5-8(7)11)2-4-9(12)13/h3-6,8,10-11,17-18,25H,7,9,12-13H2,1-2H3;3-6,11-12,14-15H,7-8H2,1-2H3;1,3,5H,2,4H2,(H,12,13). The molecule has 8 rings (SSSR count). The Morgan fingerprint density at radius 2 is 1.08 bits per heavy atom. The smallest absolute Gasteiger partial charge is 0.303 e. The van der Waals surface area contributed by atoms with Crippen molar-refractivity contribution in [1.82, 2.24) is 10.2 Å². The van der Waals surface area contributed by atoms with Crippen LogP contribution in [0.15, 0.2) is 84.9 Å². The molecule has 4 atom stereocenters. The van der Waals surface area contributed by atoms with Gasteiger partial charge in [-0.1, -0.05) is 96.6 Å². The summed E-state index contributed by atoms with van der Waals surface area (Å²) >= 11 is 23.4. The second-order valence-electron chi connectivity index (χ2n) is 16.7. The quantitative estimate of drug-likeness (QED) is 0.110. The average molecular weight is 953 g/mol. The van der Waals surface area contributed by atoms with Crippen LogP contribution in [0.1, 0.15) is 48.9 Å². The van der Waals surface area contributed by atoms with Gasteiger partial charge in [0.2, 0.25) is 26.0 Å². The Hall–Kier alpha value is -3.56. The van der Waals surface area contributed by atoms with Crippen LogP contribution in [0.25, 0.3) is 0 Å². The van der Waals surface area contributed by atoms with E-state index >= 15 is 0 Å². The molecule has 2 aliphatic heterocycles. The van der Waals surface area contributed by atoms with E-state index in [1.165, 1.54) is 11.8 Å². The molecule has 0 bridgehead atoms. The number of benzene rings is 4. The Bertz CT molecular complexity index is 2500. The number of aryl methyl sites for hydroxylation is 2. The number of hydrogen-bond acceptors (Lipinski definition) is 7. The number of rotatable bonds is 12. The van der Waals surface area contributed by atoms with E-state index in [-0.39, 0.29) is 23.2 Å². The van der Waals surface area contributed by atoms with Crippen LogP contribution in [-0.2, 0) is 53.3 Å². The lowest BCUT2D eigenvalue weighted by Gasteiger charge is -2.25. The van der Waals surface area contributed by atoms with Gasteiger partial charge in [0, 0.05) is 48.1 Å². The summed E-state index contributed by atoms with van der Waals surface area (Å²) in [5, 5.41) is 13.8. The fraction of sp³-hybridized carbons (Fsp3) is 0.409. The number of carbonyl (C=O) groups is 2. The first-order chi connectivity index (χ1) is 28.6. The van der Waals surface area contributed by atoms with Gasteiger partial charge in [0.25, 0.3) is 0 Å². The Morgan fingerprint density at radius 1 is 0.656 bits per heavy atom. The topological polar surface area (TPSA) is 162 Å². The van der Waals surface area contributed by atoms with Crippen LogP contribution in [0.3, 0.4) is 0 Å². The first kappa shape index (κ1) is 46.9. The number of anilines is 2. The van der Waals surface area contributed by atoms with Gasteiger partial charge in [0.1, 0.15) is 0 Å². The number of carbonyl (C=O) groups excluding carboxylic acids is 1. The number of piperidine rings is 2. The largest absolute Gasteiger partial charge is 0.481 e. The van der Waals surface area contributed by atoms with Gasteiger partial charge >= 0.3 is 5.97 Å². The minimum atomic E-state index is -3.31. The number of sulfonamides is 2. The highest BCUT2D eigenvalue weighted by Gasteiger charge is 2.66. The maximum atomic E-state index is 12.7. The first-order valence-corrected chi connectivity index (χ1v) is 25.1. The number of nitrogens with one attached hydrogen (secondary N) is 3. The number of aliphatic carboxylic acids is 1. The van der Waals surface area contributed by atoms with Crippen molar-refractivity contribution >= 4 is 89.7 Å². The van der Waals surface area contributed by atoms with Crippen molar-refractivity contribution in [2.45, 2.75) is 50.4 Å². The molecule has 4 N–H and O–H groups in total. The molecule has 4 aliphatic rings. The molecule has 2 heterocycles. The molecular weight excluding hydrogens is 902 g/mol. The lowest BCUT2D eigenvalue weighted by atomic mass is 9.92. The summed E-state index contributed by atoms with van der Waals surface area (Å²) in [4.78, 5) is 24.9. The molecule has 4 aromatic carbocycles. The monoisotopic (exact) mass is 950 g/mol. The summed E-state index contributed by atoms with van der Waals surface area (Å²) in [6.07, 6.45) is 4.00. The van der Waals surface area contributed by atoms with Crippen molar-refractivity contribution in [2.75, 3.05) is 48.1 Å². The zero-order valence-electron chi connectivity index (χ0n) is 34.2. The molecular formula is C44H50Cl4N4O7S2. The Labute approximate surface area is 378 Å².